The number of amides is 3. The van der Waals surface area contributed by atoms with Gasteiger partial charge in [-0.15, -0.1) is 0 Å². The van der Waals surface area contributed by atoms with Crippen LogP contribution in [0.25, 0.3) is 0 Å². The summed E-state index contributed by atoms with van der Waals surface area (Å²) in [5, 5.41) is 0. The summed E-state index contributed by atoms with van der Waals surface area (Å²) in [5.41, 5.74) is 7.10. The third kappa shape index (κ3) is 3.33. The number of likely N-dealkylation sites (tertiary alicyclic amines) is 2. The second-order valence-electron chi connectivity index (χ2n) is 6.50. The lowest BCUT2D eigenvalue weighted by molar-refractivity contribution is -0.139. The van der Waals surface area contributed by atoms with E-state index in [9.17, 15) is 14.4 Å². The third-order valence-corrected chi connectivity index (χ3v) is 5.03. The number of nitrogens with zero attached hydrogens (tertiary/aromatic N) is 2. The van der Waals surface area contributed by atoms with Crippen LogP contribution < -0.4 is 5.73 Å². The first-order chi connectivity index (χ1) is 11.6. The molecule has 0 aliphatic carbocycles. The van der Waals surface area contributed by atoms with Gasteiger partial charge in [0.15, 0.2) is 0 Å². The second kappa shape index (κ2) is 7.13. The fourth-order valence-corrected chi connectivity index (χ4v) is 3.63. The normalized spacial score (nSPS) is 24.0. The molecule has 2 N–H and O–H groups in total. The number of rotatable bonds is 5. The first-order valence-corrected chi connectivity index (χ1v) is 8.46. The van der Waals surface area contributed by atoms with E-state index in [0.717, 1.165) is 0 Å². The monoisotopic (exact) mass is 329 g/mol. The molecule has 2 aliphatic heterocycles. The number of imide groups is 1. The molecule has 3 amide bonds. The molecular formula is C18H23N3O3. The Morgan fingerprint density at radius 3 is 2.38 bits per heavy atom. The molecule has 6 heteroatoms. The molecule has 6 nitrogen and oxygen atoms in total. The van der Waals surface area contributed by atoms with Crippen LogP contribution in [0.4, 0.5) is 0 Å². The summed E-state index contributed by atoms with van der Waals surface area (Å²) in [5.74, 6) is 0.133. The highest BCUT2D eigenvalue weighted by molar-refractivity contribution is 6.02. The van der Waals surface area contributed by atoms with Crippen molar-refractivity contribution in [2.45, 2.75) is 25.2 Å². The van der Waals surface area contributed by atoms with Crippen molar-refractivity contribution in [3.8, 4) is 0 Å². The largest absolute Gasteiger partial charge is 0.342 e. The minimum absolute atomic E-state index is 0.0145. The molecule has 2 fully saturated rings. The van der Waals surface area contributed by atoms with E-state index in [0.29, 0.717) is 19.6 Å². The maximum Gasteiger partial charge on any atom is 0.229 e. The van der Waals surface area contributed by atoms with Crippen LogP contribution in [0.15, 0.2) is 30.3 Å². The molecule has 2 aliphatic rings. The predicted molar refractivity (Wildman–Crippen MR) is 88.9 cm³/mol. The van der Waals surface area contributed by atoms with Gasteiger partial charge in [-0.05, 0) is 18.0 Å². The van der Waals surface area contributed by atoms with Gasteiger partial charge in [0.1, 0.15) is 0 Å². The highest BCUT2D eigenvalue weighted by Gasteiger charge is 2.36. The molecular weight excluding hydrogens is 306 g/mol. The number of nitrogens with two attached hydrogens (primary N) is 1. The van der Waals surface area contributed by atoms with Gasteiger partial charge < -0.3 is 10.6 Å². The zero-order valence-corrected chi connectivity index (χ0v) is 13.7. The fraction of sp³-hybridized carbons (Fsp3) is 0.500. The molecule has 24 heavy (non-hydrogen) atoms. The minimum Gasteiger partial charge on any atom is -0.342 e. The summed E-state index contributed by atoms with van der Waals surface area (Å²) in [6, 6.07) is 10.1. The maximum atomic E-state index is 12.5. The average molecular weight is 329 g/mol. The van der Waals surface area contributed by atoms with Gasteiger partial charge in [0, 0.05) is 44.8 Å². The van der Waals surface area contributed by atoms with Crippen molar-refractivity contribution in [3.05, 3.63) is 35.9 Å². The first-order valence-electron chi connectivity index (χ1n) is 8.46. The van der Waals surface area contributed by atoms with Gasteiger partial charge in [-0.2, -0.15) is 0 Å². The Labute approximate surface area is 141 Å². The Hall–Kier alpha value is -2.21. The molecule has 0 saturated carbocycles. The van der Waals surface area contributed by atoms with Crippen molar-refractivity contribution in [1.82, 2.24) is 9.80 Å². The summed E-state index contributed by atoms with van der Waals surface area (Å²) in [6.45, 7) is 2.01. The molecule has 3 rings (SSSR count). The van der Waals surface area contributed by atoms with Crippen LogP contribution in [-0.2, 0) is 14.4 Å². The van der Waals surface area contributed by atoms with Gasteiger partial charge in [0.2, 0.25) is 17.7 Å². The number of carbonyl (C=O) groups excluding carboxylic acids is 3. The lowest BCUT2D eigenvalue weighted by atomic mass is 9.89. The van der Waals surface area contributed by atoms with Crippen molar-refractivity contribution >= 4 is 17.7 Å². The van der Waals surface area contributed by atoms with Crippen LogP contribution in [0.3, 0.4) is 0 Å². The van der Waals surface area contributed by atoms with Crippen LogP contribution >= 0.6 is 0 Å². The van der Waals surface area contributed by atoms with Gasteiger partial charge in [-0.1, -0.05) is 30.3 Å². The van der Waals surface area contributed by atoms with Crippen LogP contribution in [0.2, 0.25) is 0 Å². The van der Waals surface area contributed by atoms with E-state index in [4.69, 9.17) is 5.73 Å². The summed E-state index contributed by atoms with van der Waals surface area (Å²) in [4.78, 5) is 38.8. The van der Waals surface area contributed by atoms with Gasteiger partial charge in [-0.25, -0.2) is 0 Å². The Morgan fingerprint density at radius 1 is 1.08 bits per heavy atom. The van der Waals surface area contributed by atoms with Gasteiger partial charge in [-0.3, -0.25) is 19.3 Å². The van der Waals surface area contributed by atoms with Crippen LogP contribution in [0.5, 0.6) is 0 Å². The third-order valence-electron chi connectivity index (χ3n) is 5.03. The SMILES string of the molecule is NC[C@@H]1CN(C(=O)CCN2C(=O)CCC2=O)C[C@H]1c1ccccc1. The average Bonchev–Trinajstić information content (AvgIpc) is 3.17. The molecule has 1 aromatic rings. The van der Waals surface area contributed by atoms with Crippen molar-refractivity contribution in [3.63, 3.8) is 0 Å². The minimum atomic E-state index is -0.170. The lowest BCUT2D eigenvalue weighted by Gasteiger charge is -2.19. The Kier molecular flexibility index (Phi) is 4.94. The van der Waals surface area contributed by atoms with Gasteiger partial charge in [0.05, 0.1) is 0 Å². The summed E-state index contributed by atoms with van der Waals surface area (Å²) in [7, 11) is 0. The highest BCUT2D eigenvalue weighted by Crippen LogP contribution is 2.32. The summed E-state index contributed by atoms with van der Waals surface area (Å²) in [6.07, 6.45) is 0.723. The lowest BCUT2D eigenvalue weighted by Crippen LogP contribution is -2.36. The van der Waals surface area contributed by atoms with Crippen LogP contribution in [-0.4, -0.2) is 53.7 Å². The molecule has 0 aromatic heterocycles. The standard InChI is InChI=1S/C18H23N3O3/c19-10-14-11-20(12-15(14)13-4-2-1-3-5-13)16(22)8-9-21-17(23)6-7-18(21)24/h1-5,14-15H,6-12,19H2/t14-,15+/m1/s1. The molecule has 2 heterocycles. The molecule has 2 atom stereocenters. The van der Waals surface area contributed by atoms with Crippen molar-refractivity contribution in [2.75, 3.05) is 26.2 Å². The maximum absolute atomic E-state index is 12.5. The molecule has 2 saturated heterocycles. The zero-order valence-electron chi connectivity index (χ0n) is 13.7. The Morgan fingerprint density at radius 2 is 1.75 bits per heavy atom. The summed E-state index contributed by atoms with van der Waals surface area (Å²) < 4.78 is 0. The Balaban J connectivity index is 1.60. The van der Waals surface area contributed by atoms with Gasteiger partial charge >= 0.3 is 0 Å². The zero-order chi connectivity index (χ0) is 17.1. The number of hydrogen-bond acceptors (Lipinski definition) is 4. The fourth-order valence-electron chi connectivity index (χ4n) is 3.63. The van der Waals surface area contributed by atoms with E-state index in [2.05, 4.69) is 12.1 Å². The van der Waals surface area contributed by atoms with Gasteiger partial charge in [0.25, 0.3) is 0 Å². The quantitative estimate of drug-likeness (QED) is 0.807. The Bertz CT molecular complexity index is 616. The molecule has 0 unspecified atom stereocenters. The van der Waals surface area contributed by atoms with E-state index in [1.54, 1.807) is 0 Å². The van der Waals surface area contributed by atoms with E-state index < -0.39 is 0 Å². The van der Waals surface area contributed by atoms with E-state index in [-0.39, 0.29) is 55.4 Å². The summed E-state index contributed by atoms with van der Waals surface area (Å²) >= 11 is 0. The van der Waals surface area contributed by atoms with Crippen molar-refractivity contribution in [2.24, 2.45) is 11.7 Å². The topological polar surface area (TPSA) is 83.7 Å². The van der Waals surface area contributed by atoms with Crippen LogP contribution in [0.1, 0.15) is 30.7 Å². The van der Waals surface area contributed by atoms with Crippen molar-refractivity contribution in [1.29, 1.82) is 0 Å². The number of hydrogen-bond donors (Lipinski definition) is 1. The predicted octanol–water partition coefficient (Wildman–Crippen LogP) is 0.726. The molecule has 0 spiro atoms. The second-order valence-corrected chi connectivity index (χ2v) is 6.50. The van der Waals surface area contributed by atoms with E-state index >= 15 is 0 Å². The number of benzene rings is 1. The van der Waals surface area contributed by atoms with Crippen LogP contribution in [0, 0.1) is 5.92 Å². The van der Waals surface area contributed by atoms with E-state index in [1.165, 1.54) is 10.5 Å². The highest BCUT2D eigenvalue weighted by atomic mass is 16.2. The molecule has 0 bridgehead atoms. The first kappa shape index (κ1) is 16.6. The smallest absolute Gasteiger partial charge is 0.229 e. The number of carbonyl (C=O) groups is 3. The molecule has 1 aromatic carbocycles. The van der Waals surface area contributed by atoms with Crippen molar-refractivity contribution < 1.29 is 14.4 Å². The molecule has 128 valence electrons. The molecule has 0 radical (unpaired) electrons. The van der Waals surface area contributed by atoms with E-state index in [1.807, 2.05) is 23.1 Å².